The van der Waals surface area contributed by atoms with Gasteiger partial charge in [-0.2, -0.15) is 10.5 Å². The van der Waals surface area contributed by atoms with E-state index in [4.69, 9.17) is 10.5 Å². The quantitative estimate of drug-likeness (QED) is 0.334. The second kappa shape index (κ2) is 8.28. The van der Waals surface area contributed by atoms with E-state index in [1.54, 1.807) is 36.4 Å². The van der Waals surface area contributed by atoms with Crippen LogP contribution in [0.25, 0.3) is 0 Å². The molecule has 118 valence electrons. The van der Waals surface area contributed by atoms with Crippen molar-refractivity contribution in [3.8, 4) is 17.2 Å². The summed E-state index contributed by atoms with van der Waals surface area (Å²) in [7, 11) is 0. The number of hydrogen-bond donors (Lipinski definition) is 3. The zero-order chi connectivity index (χ0) is 17.4. The topological polar surface area (TPSA) is 109 Å². The van der Waals surface area contributed by atoms with Crippen LogP contribution >= 0.6 is 11.8 Å². The summed E-state index contributed by atoms with van der Waals surface area (Å²) in [6.07, 6.45) is 1.30. The number of benzene rings is 2. The smallest absolute Gasteiger partial charge is 0.267 e. The Morgan fingerprint density at radius 3 is 2.50 bits per heavy atom. The second-order valence-corrected chi connectivity index (χ2v) is 5.39. The number of hydrogen-bond acceptors (Lipinski definition) is 6. The summed E-state index contributed by atoms with van der Waals surface area (Å²) in [5.41, 5.74) is 0.947. The summed E-state index contributed by atoms with van der Waals surface area (Å²) < 4.78 is 0. The van der Waals surface area contributed by atoms with Crippen molar-refractivity contribution in [2.75, 3.05) is 10.6 Å². The van der Waals surface area contributed by atoms with Crippen molar-refractivity contribution in [3.05, 3.63) is 60.3 Å². The lowest BCUT2D eigenvalue weighted by Crippen LogP contribution is -2.14. The maximum absolute atomic E-state index is 12.1. The SMILES string of the molecule is N#CSc1ccc(N/C=C(/C#N)C(=O)Nc2cccc(O)c2)cc1. The number of phenols is 1. The van der Waals surface area contributed by atoms with Crippen LogP contribution < -0.4 is 10.6 Å². The fourth-order valence-corrected chi connectivity index (χ4v) is 2.14. The van der Waals surface area contributed by atoms with Gasteiger partial charge in [-0.05, 0) is 48.2 Å². The molecule has 0 atom stereocenters. The molecule has 7 heteroatoms. The Labute approximate surface area is 143 Å². The van der Waals surface area contributed by atoms with E-state index in [0.717, 1.165) is 16.7 Å². The number of amides is 1. The van der Waals surface area contributed by atoms with E-state index in [2.05, 4.69) is 10.6 Å². The standard InChI is InChI=1S/C17H12N4O2S/c18-9-12(17(23)21-14-2-1-3-15(22)8-14)10-20-13-4-6-16(7-5-13)24-11-19/h1-8,10,20,22H,(H,21,23)/b12-10-. The number of nitriles is 2. The predicted octanol–water partition coefficient (Wildman–Crippen LogP) is 3.42. The highest BCUT2D eigenvalue weighted by molar-refractivity contribution is 8.03. The molecule has 0 aliphatic rings. The average molecular weight is 336 g/mol. The van der Waals surface area contributed by atoms with Gasteiger partial charge in [0, 0.05) is 28.5 Å². The number of nitrogens with zero attached hydrogens (tertiary/aromatic N) is 2. The summed E-state index contributed by atoms with van der Waals surface area (Å²) >= 11 is 1.05. The van der Waals surface area contributed by atoms with Crippen LogP contribution in [-0.2, 0) is 4.79 Å². The van der Waals surface area contributed by atoms with Crippen molar-refractivity contribution in [1.82, 2.24) is 0 Å². The third kappa shape index (κ3) is 4.80. The molecule has 0 aromatic heterocycles. The van der Waals surface area contributed by atoms with Crippen molar-refractivity contribution < 1.29 is 9.90 Å². The molecule has 0 radical (unpaired) electrons. The Morgan fingerprint density at radius 2 is 1.88 bits per heavy atom. The summed E-state index contributed by atoms with van der Waals surface area (Å²) in [5, 5.41) is 34.4. The van der Waals surface area contributed by atoms with E-state index in [-0.39, 0.29) is 11.3 Å². The molecule has 6 nitrogen and oxygen atoms in total. The van der Waals surface area contributed by atoms with Gasteiger partial charge in [-0.15, -0.1) is 0 Å². The Morgan fingerprint density at radius 1 is 1.12 bits per heavy atom. The van der Waals surface area contributed by atoms with Crippen LogP contribution in [-0.4, -0.2) is 11.0 Å². The van der Waals surface area contributed by atoms with Gasteiger partial charge in [0.2, 0.25) is 0 Å². The number of rotatable bonds is 5. The van der Waals surface area contributed by atoms with Crippen molar-refractivity contribution in [2.45, 2.75) is 4.90 Å². The van der Waals surface area contributed by atoms with Crippen LogP contribution in [0.1, 0.15) is 0 Å². The van der Waals surface area contributed by atoms with Crippen LogP contribution in [0.4, 0.5) is 11.4 Å². The maximum atomic E-state index is 12.1. The highest BCUT2D eigenvalue weighted by Gasteiger charge is 2.09. The Bertz CT molecular complexity index is 848. The molecular formula is C17H12N4O2S. The predicted molar refractivity (Wildman–Crippen MR) is 92.0 cm³/mol. The van der Waals surface area contributed by atoms with E-state index in [1.165, 1.54) is 18.3 Å². The molecule has 0 heterocycles. The molecule has 0 aliphatic carbocycles. The van der Waals surface area contributed by atoms with Crippen molar-refractivity contribution >= 4 is 29.0 Å². The Kier molecular flexibility index (Phi) is 5.84. The summed E-state index contributed by atoms with van der Waals surface area (Å²) in [6.45, 7) is 0. The molecule has 2 aromatic carbocycles. The minimum Gasteiger partial charge on any atom is -0.508 e. The minimum absolute atomic E-state index is 0.0174. The first kappa shape index (κ1) is 16.9. The highest BCUT2D eigenvalue weighted by atomic mass is 32.2. The molecule has 3 N–H and O–H groups in total. The fraction of sp³-hybridized carbons (Fsp3) is 0. The maximum Gasteiger partial charge on any atom is 0.267 e. The van der Waals surface area contributed by atoms with E-state index in [9.17, 15) is 9.90 Å². The Hall–Kier alpha value is -3.42. The van der Waals surface area contributed by atoms with Crippen molar-refractivity contribution in [1.29, 1.82) is 10.5 Å². The van der Waals surface area contributed by atoms with Gasteiger partial charge in [0.1, 0.15) is 22.8 Å². The number of thiocyanates is 1. The molecule has 0 fully saturated rings. The largest absolute Gasteiger partial charge is 0.508 e. The van der Waals surface area contributed by atoms with Crippen LogP contribution in [0.15, 0.2) is 65.2 Å². The van der Waals surface area contributed by atoms with E-state index >= 15 is 0 Å². The minimum atomic E-state index is -0.591. The molecule has 0 saturated heterocycles. The number of carbonyl (C=O) groups excluding carboxylic acids is 1. The van der Waals surface area contributed by atoms with E-state index < -0.39 is 5.91 Å². The number of carbonyl (C=O) groups is 1. The number of thioether (sulfide) groups is 1. The van der Waals surface area contributed by atoms with Gasteiger partial charge in [-0.3, -0.25) is 4.79 Å². The summed E-state index contributed by atoms with van der Waals surface area (Å²) in [6, 6.07) is 14.8. The molecule has 0 unspecified atom stereocenters. The van der Waals surface area contributed by atoms with Gasteiger partial charge >= 0.3 is 0 Å². The monoisotopic (exact) mass is 336 g/mol. The van der Waals surface area contributed by atoms with Gasteiger partial charge < -0.3 is 15.7 Å². The van der Waals surface area contributed by atoms with Crippen LogP contribution in [0.5, 0.6) is 5.75 Å². The van der Waals surface area contributed by atoms with Gasteiger partial charge in [0.25, 0.3) is 5.91 Å². The molecule has 0 aliphatic heterocycles. The summed E-state index contributed by atoms with van der Waals surface area (Å²) in [4.78, 5) is 12.9. The van der Waals surface area contributed by atoms with Gasteiger partial charge in [-0.25, -0.2) is 0 Å². The number of phenolic OH excluding ortho intramolecular Hbond substituents is 1. The van der Waals surface area contributed by atoms with Crippen molar-refractivity contribution in [3.63, 3.8) is 0 Å². The highest BCUT2D eigenvalue weighted by Crippen LogP contribution is 2.19. The van der Waals surface area contributed by atoms with Gasteiger partial charge in [0.15, 0.2) is 0 Å². The lowest BCUT2D eigenvalue weighted by Gasteiger charge is -2.06. The molecule has 2 rings (SSSR count). The normalized spacial score (nSPS) is 10.3. The molecular weight excluding hydrogens is 324 g/mol. The third-order valence-corrected chi connectivity index (χ3v) is 3.47. The molecule has 24 heavy (non-hydrogen) atoms. The first-order valence-corrected chi connectivity index (χ1v) is 7.57. The van der Waals surface area contributed by atoms with Crippen LogP contribution in [0.2, 0.25) is 0 Å². The van der Waals surface area contributed by atoms with Gasteiger partial charge in [0.05, 0.1) is 0 Å². The number of aromatic hydroxyl groups is 1. The number of anilines is 2. The fourth-order valence-electron chi connectivity index (χ4n) is 1.76. The first-order valence-electron chi connectivity index (χ1n) is 6.75. The number of nitrogens with one attached hydrogen (secondary N) is 2. The average Bonchev–Trinajstić information content (AvgIpc) is 2.57. The molecule has 2 aromatic rings. The zero-order valence-electron chi connectivity index (χ0n) is 12.4. The lowest BCUT2D eigenvalue weighted by molar-refractivity contribution is -0.112. The van der Waals surface area contributed by atoms with E-state index in [0.29, 0.717) is 11.4 Å². The van der Waals surface area contributed by atoms with Gasteiger partial charge in [-0.1, -0.05) is 6.07 Å². The molecule has 0 spiro atoms. The van der Waals surface area contributed by atoms with E-state index in [1.807, 2.05) is 11.5 Å². The molecule has 1 amide bonds. The molecule has 0 saturated carbocycles. The van der Waals surface area contributed by atoms with Crippen LogP contribution in [0.3, 0.4) is 0 Å². The first-order chi connectivity index (χ1) is 11.6. The Balaban J connectivity index is 2.04. The molecule has 0 bridgehead atoms. The lowest BCUT2D eigenvalue weighted by atomic mass is 10.2. The second-order valence-electron chi connectivity index (χ2n) is 4.54. The zero-order valence-corrected chi connectivity index (χ0v) is 13.2. The summed E-state index contributed by atoms with van der Waals surface area (Å²) in [5.74, 6) is -0.573. The van der Waals surface area contributed by atoms with Crippen LogP contribution in [0, 0.1) is 22.0 Å². The van der Waals surface area contributed by atoms with Crippen molar-refractivity contribution in [2.24, 2.45) is 0 Å². The third-order valence-electron chi connectivity index (χ3n) is 2.87.